The van der Waals surface area contributed by atoms with Crippen molar-refractivity contribution >= 4 is 5.97 Å². The lowest BCUT2D eigenvalue weighted by Crippen LogP contribution is -3.10. The van der Waals surface area contributed by atoms with Crippen LogP contribution in [0.15, 0.2) is 11.6 Å². The fraction of sp³-hybridized carbons (Fsp3) is 0.700. The van der Waals surface area contributed by atoms with Gasteiger partial charge in [0.1, 0.15) is 0 Å². The van der Waals surface area contributed by atoms with Gasteiger partial charge in [0, 0.05) is 12.5 Å². The van der Waals surface area contributed by atoms with Gasteiger partial charge in [-0.2, -0.15) is 0 Å². The zero-order valence-electron chi connectivity index (χ0n) is 9.56. The summed E-state index contributed by atoms with van der Waals surface area (Å²) in [6, 6.07) is 0. The number of esters is 1. The van der Waals surface area contributed by atoms with E-state index in [-0.39, 0.29) is 29.2 Å². The summed E-state index contributed by atoms with van der Waals surface area (Å²) < 4.78 is 5.18. The molecule has 0 aliphatic carbocycles. The third-order valence-electron chi connectivity index (χ3n) is 1.93. The van der Waals surface area contributed by atoms with Gasteiger partial charge in [0.25, 0.3) is 0 Å². The molecule has 0 amide bonds. The monoisotopic (exact) mass is 265 g/mol. The minimum Gasteiger partial charge on any atom is -1.00 e. The van der Waals surface area contributed by atoms with Gasteiger partial charge in [-0.25, -0.2) is 4.79 Å². The van der Waals surface area contributed by atoms with E-state index in [1.165, 1.54) is 0 Å². The lowest BCUT2D eigenvalue weighted by atomic mass is 10.2. The predicted octanol–water partition coefficient (Wildman–Crippen LogP) is -2.62. The Morgan fingerprint density at radius 2 is 2.00 bits per heavy atom. The molecule has 0 bridgehead atoms. The Kier molecular flexibility index (Phi) is 9.20. The number of quaternary nitrogens is 1. The van der Waals surface area contributed by atoms with E-state index < -0.39 is 0 Å². The average molecular weight is 266 g/mol. The second kappa shape index (κ2) is 8.00. The molecule has 0 aromatic carbocycles. The topological polar surface area (TPSA) is 30.7 Å². The van der Waals surface area contributed by atoms with Crippen molar-refractivity contribution in [2.24, 2.45) is 0 Å². The zero-order chi connectivity index (χ0) is 10.4. The largest absolute Gasteiger partial charge is 1.00 e. The third-order valence-corrected chi connectivity index (χ3v) is 1.93. The van der Waals surface area contributed by atoms with E-state index in [0.717, 1.165) is 11.3 Å². The molecule has 0 aliphatic heterocycles. The standard InChI is InChI=1S/C10H19NO2.BrH/c1-6-7-8(2)10(12)13-9(3)11(4)5;/h7,9H,6H2,1-5H3;1H/b8-7+;. The van der Waals surface area contributed by atoms with E-state index in [4.69, 9.17) is 4.74 Å². The maximum absolute atomic E-state index is 11.3. The smallest absolute Gasteiger partial charge is 0.337 e. The minimum absolute atomic E-state index is 0. The lowest BCUT2D eigenvalue weighted by Gasteiger charge is -2.17. The molecule has 0 rings (SSSR count). The van der Waals surface area contributed by atoms with Gasteiger partial charge in [-0.3, -0.25) is 0 Å². The van der Waals surface area contributed by atoms with Gasteiger partial charge < -0.3 is 26.6 Å². The molecule has 0 saturated heterocycles. The summed E-state index contributed by atoms with van der Waals surface area (Å²) in [4.78, 5) is 12.5. The molecule has 0 heterocycles. The molecule has 0 fully saturated rings. The van der Waals surface area contributed by atoms with Crippen LogP contribution in [0.3, 0.4) is 0 Å². The summed E-state index contributed by atoms with van der Waals surface area (Å²) in [6.07, 6.45) is 2.65. The molecular weight excluding hydrogens is 246 g/mol. The molecule has 1 unspecified atom stereocenters. The van der Waals surface area contributed by atoms with E-state index in [1.54, 1.807) is 6.92 Å². The fourth-order valence-electron chi connectivity index (χ4n) is 0.761. The molecule has 0 radical (unpaired) electrons. The normalized spacial score (nSPS) is 13.4. The summed E-state index contributed by atoms with van der Waals surface area (Å²) in [5.74, 6) is -0.212. The molecule has 0 aromatic heterocycles. The van der Waals surface area contributed by atoms with E-state index in [1.807, 2.05) is 34.0 Å². The van der Waals surface area contributed by atoms with Crippen LogP contribution < -0.4 is 21.9 Å². The molecule has 84 valence electrons. The molecule has 0 spiro atoms. The predicted molar refractivity (Wildman–Crippen MR) is 52.4 cm³/mol. The Hall–Kier alpha value is -0.350. The molecule has 0 saturated carbocycles. The SMILES string of the molecule is CC/C=C(\C)C(=O)OC(C)[NH+](C)C.[Br-]. The van der Waals surface area contributed by atoms with Crippen LogP contribution in [0.2, 0.25) is 0 Å². The number of hydrogen-bond acceptors (Lipinski definition) is 2. The highest BCUT2D eigenvalue weighted by atomic mass is 79.9. The van der Waals surface area contributed by atoms with Crippen LogP contribution in [-0.4, -0.2) is 26.3 Å². The molecule has 1 N–H and O–H groups in total. The first kappa shape index (κ1) is 16.1. The van der Waals surface area contributed by atoms with Gasteiger partial charge in [0.15, 0.2) is 0 Å². The Labute approximate surface area is 96.9 Å². The van der Waals surface area contributed by atoms with Crippen molar-refractivity contribution in [3.05, 3.63) is 11.6 Å². The van der Waals surface area contributed by atoms with Crippen molar-refractivity contribution in [2.45, 2.75) is 33.4 Å². The van der Waals surface area contributed by atoms with Crippen molar-refractivity contribution in [3.8, 4) is 0 Å². The van der Waals surface area contributed by atoms with Crippen LogP contribution in [0.1, 0.15) is 27.2 Å². The number of halogens is 1. The molecule has 4 heteroatoms. The van der Waals surface area contributed by atoms with E-state index >= 15 is 0 Å². The van der Waals surface area contributed by atoms with Crippen LogP contribution in [0, 0.1) is 0 Å². The van der Waals surface area contributed by atoms with Crippen molar-refractivity contribution in [1.82, 2.24) is 0 Å². The van der Waals surface area contributed by atoms with Gasteiger partial charge >= 0.3 is 5.97 Å². The number of rotatable bonds is 4. The zero-order valence-corrected chi connectivity index (χ0v) is 11.1. The number of hydrogen-bond donors (Lipinski definition) is 1. The van der Waals surface area contributed by atoms with Gasteiger partial charge in [-0.15, -0.1) is 0 Å². The van der Waals surface area contributed by atoms with Crippen LogP contribution in [-0.2, 0) is 9.53 Å². The second-order valence-electron chi connectivity index (χ2n) is 3.42. The first-order chi connectivity index (χ1) is 5.99. The number of carbonyl (C=O) groups is 1. The van der Waals surface area contributed by atoms with Crippen LogP contribution in [0.25, 0.3) is 0 Å². The fourth-order valence-corrected chi connectivity index (χ4v) is 0.761. The maximum Gasteiger partial charge on any atom is 0.337 e. The van der Waals surface area contributed by atoms with Gasteiger partial charge in [-0.05, 0) is 13.3 Å². The van der Waals surface area contributed by atoms with Gasteiger partial charge in [0.05, 0.1) is 14.1 Å². The van der Waals surface area contributed by atoms with Crippen molar-refractivity contribution in [1.29, 1.82) is 0 Å². The number of allylic oxidation sites excluding steroid dienone is 1. The molecule has 3 nitrogen and oxygen atoms in total. The first-order valence-electron chi connectivity index (χ1n) is 4.66. The molecular formula is C10H20BrNO2. The molecule has 0 aliphatic rings. The van der Waals surface area contributed by atoms with Gasteiger partial charge in [0.2, 0.25) is 6.23 Å². The average Bonchev–Trinajstić information content (AvgIpc) is 2.04. The molecule has 1 atom stereocenters. The Morgan fingerprint density at radius 1 is 1.50 bits per heavy atom. The second-order valence-corrected chi connectivity index (χ2v) is 3.42. The summed E-state index contributed by atoms with van der Waals surface area (Å²) >= 11 is 0. The highest BCUT2D eigenvalue weighted by Gasteiger charge is 2.14. The van der Waals surface area contributed by atoms with Crippen molar-refractivity contribution in [2.75, 3.05) is 14.1 Å². The molecule has 14 heavy (non-hydrogen) atoms. The van der Waals surface area contributed by atoms with Crippen LogP contribution >= 0.6 is 0 Å². The summed E-state index contributed by atoms with van der Waals surface area (Å²) in [6.45, 7) is 5.66. The Morgan fingerprint density at radius 3 is 2.36 bits per heavy atom. The van der Waals surface area contributed by atoms with E-state index in [2.05, 4.69) is 0 Å². The van der Waals surface area contributed by atoms with Crippen LogP contribution in [0.4, 0.5) is 0 Å². The van der Waals surface area contributed by atoms with E-state index in [0.29, 0.717) is 5.57 Å². The Balaban J connectivity index is 0. The number of nitrogens with one attached hydrogen (secondary N) is 1. The minimum atomic E-state index is -0.212. The molecule has 0 aromatic rings. The number of ether oxygens (including phenoxy) is 1. The highest BCUT2D eigenvalue weighted by molar-refractivity contribution is 5.87. The van der Waals surface area contributed by atoms with Crippen molar-refractivity contribution in [3.63, 3.8) is 0 Å². The third kappa shape index (κ3) is 6.16. The quantitative estimate of drug-likeness (QED) is 0.343. The van der Waals surface area contributed by atoms with Crippen LogP contribution in [0.5, 0.6) is 0 Å². The highest BCUT2D eigenvalue weighted by Crippen LogP contribution is 1.99. The van der Waals surface area contributed by atoms with E-state index in [9.17, 15) is 4.79 Å². The van der Waals surface area contributed by atoms with Gasteiger partial charge in [-0.1, -0.05) is 13.0 Å². The summed E-state index contributed by atoms with van der Waals surface area (Å²) in [5.41, 5.74) is 0.690. The summed E-state index contributed by atoms with van der Waals surface area (Å²) in [7, 11) is 3.91. The maximum atomic E-state index is 11.3. The first-order valence-corrected chi connectivity index (χ1v) is 4.66. The lowest BCUT2D eigenvalue weighted by molar-refractivity contribution is -0.905. The van der Waals surface area contributed by atoms with Crippen molar-refractivity contribution < 1.29 is 31.4 Å². The summed E-state index contributed by atoms with van der Waals surface area (Å²) in [5, 5.41) is 0. The Bertz CT molecular complexity index is 202. The number of carbonyl (C=O) groups excluding carboxylic acids is 1.